The van der Waals surface area contributed by atoms with Crippen molar-refractivity contribution in [3.05, 3.63) is 94.8 Å². The second kappa shape index (κ2) is 13.7. The zero-order valence-corrected chi connectivity index (χ0v) is 25.7. The molecule has 0 saturated carbocycles. The molecule has 0 aliphatic carbocycles. The van der Waals surface area contributed by atoms with Crippen LogP contribution >= 0.6 is 11.8 Å². The summed E-state index contributed by atoms with van der Waals surface area (Å²) in [7, 11) is 0. The average Bonchev–Trinajstić information content (AvgIpc) is 3.36. The molecule has 1 aromatic heterocycles. The van der Waals surface area contributed by atoms with E-state index in [0.717, 1.165) is 12.2 Å². The van der Waals surface area contributed by atoms with Crippen LogP contribution in [0, 0.1) is 27.7 Å². The Hall–Kier alpha value is -2.78. The normalized spacial score (nSPS) is 10.8. The number of hydrogen-bond donors (Lipinski definition) is 0. The van der Waals surface area contributed by atoms with Crippen LogP contribution in [0.25, 0.3) is 17.1 Å². The SMILES string of the molecule is CC.CC.CCC(C)(C)c1ccc(Sc2ccc(C)cc2)cc1-c1nccn1-c1c(C)cc(C)cc1C. The van der Waals surface area contributed by atoms with Crippen molar-refractivity contribution in [3.63, 3.8) is 0 Å². The fourth-order valence-electron chi connectivity index (χ4n) is 4.53. The van der Waals surface area contributed by atoms with Gasteiger partial charge in [-0.05, 0) is 80.5 Å². The number of aryl methyl sites for hydroxylation is 4. The van der Waals surface area contributed by atoms with Crippen molar-refractivity contribution in [1.29, 1.82) is 0 Å². The van der Waals surface area contributed by atoms with Crippen LogP contribution in [0.1, 0.15) is 82.7 Å². The molecule has 37 heavy (non-hydrogen) atoms. The Morgan fingerprint density at radius 2 is 1.32 bits per heavy atom. The average molecular weight is 515 g/mol. The standard InChI is InChI=1S/C30H34N2S.2C2H6/c1-8-30(6,7)27-14-13-25(33-24-11-9-20(2)10-12-24)19-26(27)29-31-15-16-32(29)28-22(4)17-21(3)18-23(28)5;2*1-2/h9-19H,8H2,1-7H3;2*1-2H3. The van der Waals surface area contributed by atoms with Crippen LogP contribution in [0.3, 0.4) is 0 Å². The zero-order valence-electron chi connectivity index (χ0n) is 24.9. The van der Waals surface area contributed by atoms with E-state index in [0.29, 0.717) is 0 Å². The molecule has 0 aliphatic rings. The number of benzene rings is 3. The molecular weight excluding hydrogens is 468 g/mol. The first kappa shape index (κ1) is 30.4. The minimum Gasteiger partial charge on any atom is -0.299 e. The third-order valence-electron chi connectivity index (χ3n) is 6.62. The van der Waals surface area contributed by atoms with Crippen LogP contribution in [-0.2, 0) is 5.41 Å². The smallest absolute Gasteiger partial charge is 0.144 e. The summed E-state index contributed by atoms with van der Waals surface area (Å²) in [6.07, 6.45) is 5.09. The maximum Gasteiger partial charge on any atom is 0.144 e. The van der Waals surface area contributed by atoms with E-state index >= 15 is 0 Å². The molecule has 0 radical (unpaired) electrons. The number of hydrogen-bond acceptors (Lipinski definition) is 2. The fraction of sp³-hybridized carbons (Fsp3) is 0.382. The molecule has 0 N–H and O–H groups in total. The van der Waals surface area contributed by atoms with Gasteiger partial charge in [0.2, 0.25) is 0 Å². The molecular formula is C34H46N2S. The Bertz CT molecular complexity index is 1260. The van der Waals surface area contributed by atoms with Crippen molar-refractivity contribution in [2.75, 3.05) is 0 Å². The number of nitrogens with zero attached hydrogens (tertiary/aromatic N) is 2. The summed E-state index contributed by atoms with van der Waals surface area (Å²) in [4.78, 5) is 7.37. The molecule has 0 saturated heterocycles. The van der Waals surface area contributed by atoms with Crippen LogP contribution in [0.2, 0.25) is 0 Å². The van der Waals surface area contributed by atoms with Crippen molar-refractivity contribution in [3.8, 4) is 17.1 Å². The molecule has 0 amide bonds. The van der Waals surface area contributed by atoms with Gasteiger partial charge in [0.25, 0.3) is 0 Å². The molecule has 3 heteroatoms. The highest BCUT2D eigenvalue weighted by atomic mass is 32.2. The van der Waals surface area contributed by atoms with E-state index in [2.05, 4.69) is 114 Å². The van der Waals surface area contributed by atoms with Crippen LogP contribution in [-0.4, -0.2) is 9.55 Å². The van der Waals surface area contributed by atoms with E-state index in [-0.39, 0.29) is 5.41 Å². The highest BCUT2D eigenvalue weighted by Gasteiger charge is 2.25. The van der Waals surface area contributed by atoms with Crippen molar-refractivity contribution < 1.29 is 0 Å². The lowest BCUT2D eigenvalue weighted by Gasteiger charge is -2.27. The van der Waals surface area contributed by atoms with Gasteiger partial charge in [-0.2, -0.15) is 0 Å². The van der Waals surface area contributed by atoms with Crippen molar-refractivity contribution in [2.45, 2.75) is 97.8 Å². The Morgan fingerprint density at radius 3 is 1.89 bits per heavy atom. The van der Waals surface area contributed by atoms with E-state index in [1.807, 2.05) is 45.7 Å². The predicted octanol–water partition coefficient (Wildman–Crippen LogP) is 10.7. The van der Waals surface area contributed by atoms with Gasteiger partial charge >= 0.3 is 0 Å². The van der Waals surface area contributed by atoms with Crippen molar-refractivity contribution >= 4 is 11.8 Å². The molecule has 1 heterocycles. The molecule has 0 bridgehead atoms. The number of rotatable bonds is 6. The van der Waals surface area contributed by atoms with E-state index in [9.17, 15) is 0 Å². The van der Waals surface area contributed by atoms with E-state index < -0.39 is 0 Å². The van der Waals surface area contributed by atoms with Gasteiger partial charge in [0.15, 0.2) is 0 Å². The Kier molecular flexibility index (Phi) is 11.3. The molecule has 4 rings (SSSR count). The van der Waals surface area contributed by atoms with Crippen LogP contribution in [0.4, 0.5) is 0 Å². The summed E-state index contributed by atoms with van der Waals surface area (Å²) in [5, 5.41) is 0. The van der Waals surface area contributed by atoms with Crippen molar-refractivity contribution in [1.82, 2.24) is 9.55 Å². The molecule has 4 aromatic rings. The maximum absolute atomic E-state index is 4.89. The first-order valence-electron chi connectivity index (χ1n) is 13.7. The summed E-state index contributed by atoms with van der Waals surface area (Å²) in [5.41, 5.74) is 8.95. The fourth-order valence-corrected chi connectivity index (χ4v) is 5.39. The van der Waals surface area contributed by atoms with Gasteiger partial charge in [-0.3, -0.25) is 4.57 Å². The van der Waals surface area contributed by atoms with E-state index in [4.69, 9.17) is 4.98 Å². The third-order valence-corrected chi connectivity index (χ3v) is 7.62. The van der Waals surface area contributed by atoms with E-state index in [1.165, 1.54) is 48.9 Å². The van der Waals surface area contributed by atoms with Gasteiger partial charge in [-0.25, -0.2) is 4.98 Å². The largest absolute Gasteiger partial charge is 0.299 e. The van der Waals surface area contributed by atoms with Gasteiger partial charge in [-0.1, -0.05) is 102 Å². The van der Waals surface area contributed by atoms with Crippen LogP contribution < -0.4 is 0 Å². The first-order chi connectivity index (χ1) is 17.7. The molecule has 198 valence electrons. The predicted molar refractivity (Wildman–Crippen MR) is 165 cm³/mol. The van der Waals surface area contributed by atoms with Gasteiger partial charge in [0.05, 0.1) is 5.69 Å². The van der Waals surface area contributed by atoms with Gasteiger partial charge < -0.3 is 0 Å². The molecule has 0 aliphatic heterocycles. The minimum atomic E-state index is 0.0521. The second-order valence-corrected chi connectivity index (χ2v) is 10.9. The Labute approximate surface area is 230 Å². The summed E-state index contributed by atoms with van der Waals surface area (Å²) in [6, 6.07) is 20.2. The minimum absolute atomic E-state index is 0.0521. The summed E-state index contributed by atoms with van der Waals surface area (Å²) in [5.74, 6) is 1.01. The molecule has 0 atom stereocenters. The van der Waals surface area contributed by atoms with Gasteiger partial charge in [-0.15, -0.1) is 0 Å². The monoisotopic (exact) mass is 514 g/mol. The highest BCUT2D eigenvalue weighted by Crippen LogP contribution is 2.40. The number of imidazole rings is 1. The lowest BCUT2D eigenvalue weighted by atomic mass is 9.79. The molecule has 0 unspecified atom stereocenters. The summed E-state index contributed by atoms with van der Waals surface area (Å²) >= 11 is 1.81. The van der Waals surface area contributed by atoms with Gasteiger partial charge in [0.1, 0.15) is 5.82 Å². The maximum atomic E-state index is 4.89. The third kappa shape index (κ3) is 7.17. The quantitative estimate of drug-likeness (QED) is 0.255. The lowest BCUT2D eigenvalue weighted by Crippen LogP contribution is -2.17. The Balaban J connectivity index is 0.00000115. The van der Waals surface area contributed by atoms with Crippen LogP contribution in [0.5, 0.6) is 0 Å². The topological polar surface area (TPSA) is 17.8 Å². The molecule has 0 fully saturated rings. The van der Waals surface area contributed by atoms with E-state index in [1.54, 1.807) is 0 Å². The van der Waals surface area contributed by atoms with Crippen LogP contribution in [0.15, 0.2) is 76.8 Å². The summed E-state index contributed by atoms with van der Waals surface area (Å²) in [6.45, 7) is 23.6. The van der Waals surface area contributed by atoms with Gasteiger partial charge in [0, 0.05) is 27.7 Å². The first-order valence-corrected chi connectivity index (χ1v) is 14.5. The zero-order chi connectivity index (χ0) is 27.8. The van der Waals surface area contributed by atoms with Crippen molar-refractivity contribution in [2.24, 2.45) is 0 Å². The Morgan fingerprint density at radius 1 is 0.757 bits per heavy atom. The second-order valence-electron chi connectivity index (χ2n) is 9.73. The molecule has 0 spiro atoms. The highest BCUT2D eigenvalue weighted by molar-refractivity contribution is 7.99. The molecule has 3 aromatic carbocycles. The molecule has 2 nitrogen and oxygen atoms in total. The summed E-state index contributed by atoms with van der Waals surface area (Å²) < 4.78 is 2.27. The lowest BCUT2D eigenvalue weighted by molar-refractivity contribution is 0.507. The number of aromatic nitrogens is 2.